The van der Waals surface area contributed by atoms with E-state index in [-0.39, 0.29) is 11.5 Å². The molecule has 2 aromatic heterocycles. The van der Waals surface area contributed by atoms with Crippen molar-refractivity contribution in [3.63, 3.8) is 0 Å². The van der Waals surface area contributed by atoms with E-state index in [1.807, 2.05) is 82.1 Å². The Labute approximate surface area is 225 Å². The van der Waals surface area contributed by atoms with Crippen molar-refractivity contribution in [3.8, 4) is 5.75 Å². The number of benzene rings is 3. The smallest absolute Gasteiger partial charge is 0.263 e. The number of aryl methyl sites for hydroxylation is 1. The molecule has 0 saturated carbocycles. The summed E-state index contributed by atoms with van der Waals surface area (Å²) in [7, 11) is 1.67. The summed E-state index contributed by atoms with van der Waals surface area (Å²) in [5, 5.41) is 9.44. The number of aromatic nitrogens is 4. The second-order valence-electron chi connectivity index (χ2n) is 9.71. The zero-order valence-electron chi connectivity index (χ0n) is 21.9. The van der Waals surface area contributed by atoms with Gasteiger partial charge in [0.2, 0.25) is 11.7 Å². The largest absolute Gasteiger partial charge is 0.497 e. The highest BCUT2D eigenvalue weighted by molar-refractivity contribution is 5.81. The van der Waals surface area contributed by atoms with Gasteiger partial charge < -0.3 is 14.5 Å². The summed E-state index contributed by atoms with van der Waals surface area (Å²) < 4.78 is 8.93. The molecular formula is C30H30N6O3. The molecule has 0 spiro atoms. The third-order valence-electron chi connectivity index (χ3n) is 7.37. The number of piperazine rings is 1. The van der Waals surface area contributed by atoms with Gasteiger partial charge in [-0.2, -0.15) is 0 Å². The van der Waals surface area contributed by atoms with Gasteiger partial charge >= 0.3 is 0 Å². The van der Waals surface area contributed by atoms with Gasteiger partial charge in [-0.3, -0.25) is 18.6 Å². The maximum atomic E-state index is 13.4. The molecule has 9 nitrogen and oxygen atoms in total. The Morgan fingerprint density at radius 2 is 1.67 bits per heavy atom. The molecule has 198 valence electrons. The van der Waals surface area contributed by atoms with Crippen LogP contribution in [0.5, 0.6) is 5.75 Å². The fourth-order valence-electron chi connectivity index (χ4n) is 5.28. The van der Waals surface area contributed by atoms with Gasteiger partial charge in [0.25, 0.3) is 5.56 Å². The van der Waals surface area contributed by atoms with E-state index in [0.717, 1.165) is 35.6 Å². The Bertz CT molecular complexity index is 1690. The topological polar surface area (TPSA) is 85.0 Å². The second-order valence-corrected chi connectivity index (χ2v) is 9.71. The van der Waals surface area contributed by atoms with Gasteiger partial charge in [-0.15, -0.1) is 10.2 Å². The van der Waals surface area contributed by atoms with E-state index in [1.54, 1.807) is 11.7 Å². The highest BCUT2D eigenvalue weighted by Crippen LogP contribution is 2.22. The zero-order chi connectivity index (χ0) is 26.8. The minimum atomic E-state index is -0.106. The summed E-state index contributed by atoms with van der Waals surface area (Å²) in [6, 6.07) is 25.3. The predicted octanol–water partition coefficient (Wildman–Crippen LogP) is 3.38. The lowest BCUT2D eigenvalue weighted by atomic mass is 10.2. The third-order valence-corrected chi connectivity index (χ3v) is 7.37. The fraction of sp³-hybridized carbons (Fsp3) is 0.267. The van der Waals surface area contributed by atoms with E-state index in [4.69, 9.17) is 4.74 Å². The van der Waals surface area contributed by atoms with Crippen molar-refractivity contribution < 1.29 is 9.53 Å². The number of carbonyl (C=O) groups excluding carboxylic acids is 1. The van der Waals surface area contributed by atoms with Crippen LogP contribution in [0.2, 0.25) is 0 Å². The van der Waals surface area contributed by atoms with Gasteiger partial charge in [-0.25, -0.2) is 0 Å². The first-order valence-corrected chi connectivity index (χ1v) is 13.2. The molecule has 0 bridgehead atoms. The molecule has 0 atom stereocenters. The average molecular weight is 523 g/mol. The van der Waals surface area contributed by atoms with Crippen molar-refractivity contribution in [2.45, 2.75) is 19.4 Å². The van der Waals surface area contributed by atoms with Crippen molar-refractivity contribution in [3.05, 3.63) is 101 Å². The molecule has 1 amide bonds. The van der Waals surface area contributed by atoms with Crippen LogP contribution in [0.15, 0.2) is 83.7 Å². The molecule has 5 aromatic rings. The van der Waals surface area contributed by atoms with Crippen LogP contribution in [-0.2, 0) is 17.8 Å². The van der Waals surface area contributed by atoms with E-state index in [2.05, 4.69) is 21.2 Å². The van der Waals surface area contributed by atoms with Crippen LogP contribution in [0, 0.1) is 0 Å². The standard InChI is InChI=1S/C30H30N6O3/c1-39-24-11-7-10-23(20-24)33-16-18-34(19-17-33)28(37)15-14-27-31-32-30-35(21-22-8-3-2-4-9-22)29(38)25-12-5-6-13-26(25)36(27)30/h2-13,20H,14-19,21H2,1H3. The Balaban J connectivity index is 1.20. The van der Waals surface area contributed by atoms with Crippen LogP contribution in [-0.4, -0.2) is 63.3 Å². The van der Waals surface area contributed by atoms with Crippen molar-refractivity contribution in [2.75, 3.05) is 38.2 Å². The van der Waals surface area contributed by atoms with Crippen molar-refractivity contribution >= 4 is 28.3 Å². The molecule has 1 aliphatic rings. The summed E-state index contributed by atoms with van der Waals surface area (Å²) in [4.78, 5) is 30.8. The van der Waals surface area contributed by atoms with Crippen LogP contribution >= 0.6 is 0 Å². The molecule has 0 unspecified atom stereocenters. The molecule has 3 heterocycles. The quantitative estimate of drug-likeness (QED) is 0.326. The Hall–Kier alpha value is -4.66. The fourth-order valence-corrected chi connectivity index (χ4v) is 5.28. The molecule has 1 fully saturated rings. The van der Waals surface area contributed by atoms with Crippen molar-refractivity contribution in [1.29, 1.82) is 0 Å². The van der Waals surface area contributed by atoms with Crippen LogP contribution < -0.4 is 15.2 Å². The summed E-state index contributed by atoms with van der Waals surface area (Å²) in [6.07, 6.45) is 0.760. The molecular weight excluding hydrogens is 492 g/mol. The van der Waals surface area contributed by atoms with Gasteiger partial charge in [0.15, 0.2) is 0 Å². The van der Waals surface area contributed by atoms with E-state index in [9.17, 15) is 9.59 Å². The predicted molar refractivity (Wildman–Crippen MR) is 150 cm³/mol. The van der Waals surface area contributed by atoms with Gasteiger partial charge in [0, 0.05) is 50.8 Å². The second kappa shape index (κ2) is 10.6. The average Bonchev–Trinajstić information content (AvgIpc) is 3.42. The number of fused-ring (bicyclic) bond motifs is 3. The minimum Gasteiger partial charge on any atom is -0.497 e. The van der Waals surface area contributed by atoms with E-state index in [1.165, 1.54) is 0 Å². The van der Waals surface area contributed by atoms with Crippen molar-refractivity contribution in [1.82, 2.24) is 24.1 Å². The van der Waals surface area contributed by atoms with Gasteiger partial charge in [-0.05, 0) is 29.8 Å². The first-order valence-electron chi connectivity index (χ1n) is 13.2. The monoisotopic (exact) mass is 522 g/mol. The van der Waals surface area contributed by atoms with Crippen LogP contribution in [0.3, 0.4) is 0 Å². The number of para-hydroxylation sites is 1. The lowest BCUT2D eigenvalue weighted by Crippen LogP contribution is -2.48. The summed E-state index contributed by atoms with van der Waals surface area (Å²) >= 11 is 0. The molecule has 0 radical (unpaired) electrons. The number of hydrogen-bond acceptors (Lipinski definition) is 6. The van der Waals surface area contributed by atoms with E-state index < -0.39 is 0 Å². The highest BCUT2D eigenvalue weighted by atomic mass is 16.5. The lowest BCUT2D eigenvalue weighted by molar-refractivity contribution is -0.131. The molecule has 0 aliphatic carbocycles. The minimum absolute atomic E-state index is 0.0963. The summed E-state index contributed by atoms with van der Waals surface area (Å²) in [6.45, 7) is 3.25. The van der Waals surface area contributed by atoms with Crippen LogP contribution in [0.25, 0.3) is 16.7 Å². The number of rotatable bonds is 7. The van der Waals surface area contributed by atoms with Crippen LogP contribution in [0.4, 0.5) is 5.69 Å². The van der Waals surface area contributed by atoms with Crippen LogP contribution in [0.1, 0.15) is 17.8 Å². The summed E-state index contributed by atoms with van der Waals surface area (Å²) in [5.41, 5.74) is 2.75. The normalized spacial score (nSPS) is 13.8. The number of carbonyl (C=O) groups is 1. The van der Waals surface area contributed by atoms with Crippen molar-refractivity contribution in [2.24, 2.45) is 0 Å². The van der Waals surface area contributed by atoms with Gasteiger partial charge in [-0.1, -0.05) is 48.5 Å². The van der Waals surface area contributed by atoms with E-state index >= 15 is 0 Å². The SMILES string of the molecule is COc1cccc(N2CCN(C(=O)CCc3nnc4n(Cc5ccccc5)c(=O)c5ccccc5n34)CC2)c1. The van der Waals surface area contributed by atoms with Gasteiger partial charge in [0.05, 0.1) is 24.6 Å². The molecule has 39 heavy (non-hydrogen) atoms. The first kappa shape index (κ1) is 24.7. The molecule has 9 heteroatoms. The zero-order valence-corrected chi connectivity index (χ0v) is 21.9. The molecule has 1 saturated heterocycles. The number of anilines is 1. The number of amides is 1. The number of ether oxygens (including phenoxy) is 1. The molecule has 1 aliphatic heterocycles. The third kappa shape index (κ3) is 4.83. The maximum Gasteiger partial charge on any atom is 0.263 e. The number of methoxy groups -OCH3 is 1. The molecule has 0 N–H and O–H groups in total. The number of hydrogen-bond donors (Lipinski definition) is 0. The Morgan fingerprint density at radius 3 is 2.46 bits per heavy atom. The summed E-state index contributed by atoms with van der Waals surface area (Å²) in [5.74, 6) is 2.08. The molecule has 6 rings (SSSR count). The molecule has 3 aromatic carbocycles. The Morgan fingerprint density at radius 1 is 0.897 bits per heavy atom. The lowest BCUT2D eigenvalue weighted by Gasteiger charge is -2.36. The number of nitrogens with zero attached hydrogens (tertiary/aromatic N) is 6. The van der Waals surface area contributed by atoms with Gasteiger partial charge in [0.1, 0.15) is 11.6 Å². The van der Waals surface area contributed by atoms with E-state index in [0.29, 0.717) is 49.5 Å². The highest BCUT2D eigenvalue weighted by Gasteiger charge is 2.23. The maximum absolute atomic E-state index is 13.4. The first-order chi connectivity index (χ1) is 19.1. The Kier molecular flexibility index (Phi) is 6.71.